The lowest BCUT2D eigenvalue weighted by Gasteiger charge is -2.21. The van der Waals surface area contributed by atoms with Gasteiger partial charge in [-0.2, -0.15) is 0 Å². The summed E-state index contributed by atoms with van der Waals surface area (Å²) in [5.74, 6) is -6.28. The molecule has 0 aromatic heterocycles. The lowest BCUT2D eigenvalue weighted by molar-refractivity contribution is -0.137. The van der Waals surface area contributed by atoms with Gasteiger partial charge in [0.05, 0.1) is 6.42 Å². The van der Waals surface area contributed by atoms with Crippen molar-refractivity contribution >= 4 is 11.9 Å². The highest BCUT2D eigenvalue weighted by Crippen LogP contribution is 2.29. The van der Waals surface area contributed by atoms with Crippen molar-refractivity contribution in [3.05, 3.63) is 35.1 Å². The molecule has 0 heterocycles. The summed E-state index contributed by atoms with van der Waals surface area (Å²) in [4.78, 5) is 23.9. The second kappa shape index (κ2) is 5.52. The molecule has 0 saturated heterocycles. The number of hydrogen-bond donors (Lipinski definition) is 1. The van der Waals surface area contributed by atoms with Crippen LogP contribution in [0.3, 0.4) is 0 Å². The Labute approximate surface area is 112 Å². The van der Waals surface area contributed by atoms with Crippen molar-refractivity contribution in [1.29, 1.82) is 0 Å². The van der Waals surface area contributed by atoms with Crippen LogP contribution in [0, 0.1) is 17.5 Å². The smallest absolute Gasteiger partial charge is 0.305 e. The Morgan fingerprint density at radius 3 is 2.20 bits per heavy atom. The minimum atomic E-state index is -1.63. The second-order valence-electron chi connectivity index (χ2n) is 4.63. The summed E-state index contributed by atoms with van der Waals surface area (Å²) >= 11 is 0. The standard InChI is InChI=1S/C13H12F3NO3/c14-9-5-7(6-10(15)12(9)16)13(20)17(8-1-2-8)4-3-11(18)19/h5-6,8H,1-4H2,(H,18,19). The van der Waals surface area contributed by atoms with E-state index in [-0.39, 0.29) is 24.6 Å². The third-order valence-electron chi connectivity index (χ3n) is 3.05. The first-order chi connectivity index (χ1) is 9.40. The molecule has 1 aliphatic carbocycles. The zero-order chi connectivity index (χ0) is 14.9. The highest BCUT2D eigenvalue weighted by molar-refractivity contribution is 5.94. The van der Waals surface area contributed by atoms with Crippen LogP contribution in [-0.2, 0) is 4.79 Å². The molecule has 1 saturated carbocycles. The minimum absolute atomic E-state index is 0.0422. The van der Waals surface area contributed by atoms with E-state index >= 15 is 0 Å². The highest BCUT2D eigenvalue weighted by atomic mass is 19.2. The Balaban J connectivity index is 2.21. The number of nitrogens with zero attached hydrogens (tertiary/aromatic N) is 1. The maximum Gasteiger partial charge on any atom is 0.305 e. The molecule has 7 heteroatoms. The molecule has 1 aliphatic rings. The van der Waals surface area contributed by atoms with Crippen molar-refractivity contribution in [3.8, 4) is 0 Å². The average molecular weight is 287 g/mol. The van der Waals surface area contributed by atoms with Crippen LogP contribution < -0.4 is 0 Å². The molecular formula is C13H12F3NO3. The van der Waals surface area contributed by atoms with E-state index in [1.54, 1.807) is 0 Å². The number of rotatable bonds is 5. The molecule has 0 unspecified atom stereocenters. The number of aliphatic carboxylic acids is 1. The van der Waals surface area contributed by atoms with Crippen molar-refractivity contribution in [2.24, 2.45) is 0 Å². The number of carbonyl (C=O) groups is 2. The molecule has 1 aromatic carbocycles. The molecule has 20 heavy (non-hydrogen) atoms. The van der Waals surface area contributed by atoms with Crippen LogP contribution in [0.1, 0.15) is 29.6 Å². The molecule has 4 nitrogen and oxygen atoms in total. The van der Waals surface area contributed by atoms with Crippen LogP contribution in [0.4, 0.5) is 13.2 Å². The van der Waals surface area contributed by atoms with E-state index < -0.39 is 29.3 Å². The summed E-state index contributed by atoms with van der Waals surface area (Å²) in [5.41, 5.74) is -0.321. The van der Waals surface area contributed by atoms with Gasteiger partial charge in [0.1, 0.15) is 0 Å². The summed E-state index contributed by atoms with van der Waals surface area (Å²) in [7, 11) is 0. The molecule has 0 bridgehead atoms. The first-order valence-electron chi connectivity index (χ1n) is 6.07. The number of halogens is 3. The maximum absolute atomic E-state index is 13.1. The summed E-state index contributed by atoms with van der Waals surface area (Å²) < 4.78 is 39.1. The molecule has 1 aromatic rings. The van der Waals surface area contributed by atoms with E-state index in [4.69, 9.17) is 5.11 Å². The van der Waals surface area contributed by atoms with E-state index in [9.17, 15) is 22.8 Å². The fourth-order valence-corrected chi connectivity index (χ4v) is 1.90. The van der Waals surface area contributed by atoms with Crippen LogP contribution in [0.15, 0.2) is 12.1 Å². The van der Waals surface area contributed by atoms with Crippen molar-refractivity contribution in [3.63, 3.8) is 0 Å². The number of carbonyl (C=O) groups excluding carboxylic acids is 1. The van der Waals surface area contributed by atoms with Gasteiger partial charge in [-0.1, -0.05) is 0 Å². The summed E-state index contributed by atoms with van der Waals surface area (Å²) in [6.45, 7) is -0.0422. The van der Waals surface area contributed by atoms with Crippen LogP contribution in [-0.4, -0.2) is 34.5 Å². The number of carboxylic acids is 1. The van der Waals surface area contributed by atoms with E-state index in [2.05, 4.69) is 0 Å². The lowest BCUT2D eigenvalue weighted by Crippen LogP contribution is -2.35. The van der Waals surface area contributed by atoms with Gasteiger partial charge in [-0.3, -0.25) is 9.59 Å². The summed E-state index contributed by atoms with van der Waals surface area (Å²) in [6, 6.07) is 1.13. The van der Waals surface area contributed by atoms with Crippen LogP contribution >= 0.6 is 0 Å². The van der Waals surface area contributed by atoms with E-state index in [0.29, 0.717) is 12.1 Å². The second-order valence-corrected chi connectivity index (χ2v) is 4.63. The van der Waals surface area contributed by atoms with Gasteiger partial charge in [0.15, 0.2) is 17.5 Å². The molecule has 1 amide bonds. The van der Waals surface area contributed by atoms with Crippen LogP contribution in [0.5, 0.6) is 0 Å². The van der Waals surface area contributed by atoms with Crippen molar-refractivity contribution in [1.82, 2.24) is 4.90 Å². The number of benzene rings is 1. The monoisotopic (exact) mass is 287 g/mol. The first-order valence-corrected chi connectivity index (χ1v) is 6.07. The van der Waals surface area contributed by atoms with Crippen LogP contribution in [0.2, 0.25) is 0 Å². The first kappa shape index (κ1) is 14.4. The Bertz CT molecular complexity index is 535. The predicted molar refractivity (Wildman–Crippen MR) is 62.6 cm³/mol. The number of amides is 1. The van der Waals surface area contributed by atoms with Crippen LogP contribution in [0.25, 0.3) is 0 Å². The SMILES string of the molecule is O=C(O)CCN(C(=O)c1cc(F)c(F)c(F)c1)C1CC1. The Kier molecular flexibility index (Phi) is 3.96. The normalized spacial score (nSPS) is 14.2. The van der Waals surface area contributed by atoms with Gasteiger partial charge >= 0.3 is 5.97 Å². The molecule has 0 atom stereocenters. The number of carboxylic acid groups (broad SMARTS) is 1. The third kappa shape index (κ3) is 3.09. The average Bonchev–Trinajstić information content (AvgIpc) is 3.19. The third-order valence-corrected chi connectivity index (χ3v) is 3.05. The van der Waals surface area contributed by atoms with E-state index in [1.807, 2.05) is 0 Å². The lowest BCUT2D eigenvalue weighted by atomic mass is 10.1. The molecule has 0 radical (unpaired) electrons. The maximum atomic E-state index is 13.1. The molecule has 2 rings (SSSR count). The Hall–Kier alpha value is -2.05. The quantitative estimate of drug-likeness (QED) is 0.844. The topological polar surface area (TPSA) is 57.6 Å². The van der Waals surface area contributed by atoms with Gasteiger partial charge in [0.25, 0.3) is 5.91 Å². The molecule has 1 fully saturated rings. The molecule has 1 N–H and O–H groups in total. The van der Waals surface area contributed by atoms with Gasteiger partial charge < -0.3 is 10.0 Å². The minimum Gasteiger partial charge on any atom is -0.481 e. The van der Waals surface area contributed by atoms with E-state index in [1.165, 1.54) is 4.90 Å². The van der Waals surface area contributed by atoms with Gasteiger partial charge in [-0.25, -0.2) is 13.2 Å². The highest BCUT2D eigenvalue weighted by Gasteiger charge is 2.33. The molecular weight excluding hydrogens is 275 g/mol. The fraction of sp³-hybridized carbons (Fsp3) is 0.385. The van der Waals surface area contributed by atoms with Gasteiger partial charge in [0.2, 0.25) is 0 Å². The molecule has 0 aliphatic heterocycles. The Morgan fingerprint density at radius 1 is 1.20 bits per heavy atom. The predicted octanol–water partition coefficient (Wildman–Crippen LogP) is 2.18. The van der Waals surface area contributed by atoms with E-state index in [0.717, 1.165) is 12.8 Å². The van der Waals surface area contributed by atoms with Crippen molar-refractivity contribution in [2.75, 3.05) is 6.54 Å². The summed E-state index contributed by atoms with van der Waals surface area (Å²) in [5, 5.41) is 8.63. The van der Waals surface area contributed by atoms with Crippen molar-refractivity contribution < 1.29 is 27.9 Å². The van der Waals surface area contributed by atoms with Crippen molar-refractivity contribution in [2.45, 2.75) is 25.3 Å². The zero-order valence-electron chi connectivity index (χ0n) is 10.4. The largest absolute Gasteiger partial charge is 0.481 e. The van der Waals surface area contributed by atoms with Gasteiger partial charge in [-0.05, 0) is 25.0 Å². The number of hydrogen-bond acceptors (Lipinski definition) is 2. The van der Waals surface area contributed by atoms with Gasteiger partial charge in [0, 0.05) is 18.2 Å². The molecule has 0 spiro atoms. The molecule has 108 valence electrons. The zero-order valence-corrected chi connectivity index (χ0v) is 10.4. The fourth-order valence-electron chi connectivity index (χ4n) is 1.90. The summed E-state index contributed by atoms with van der Waals surface area (Å²) in [6.07, 6.45) is 1.18. The van der Waals surface area contributed by atoms with Gasteiger partial charge in [-0.15, -0.1) is 0 Å². The Morgan fingerprint density at radius 2 is 1.75 bits per heavy atom.